The minimum absolute atomic E-state index is 0.0777. The average Bonchev–Trinajstić information content (AvgIpc) is 2.91. The summed E-state index contributed by atoms with van der Waals surface area (Å²) in [4.78, 5) is 0.272. The SMILES string of the molecule is Cc1n[nH]c(C)c1S(=O)(=O)NC1Cc2ccccc2C1. The molecular formula is C14H17N3O2S. The van der Waals surface area contributed by atoms with E-state index >= 15 is 0 Å². The summed E-state index contributed by atoms with van der Waals surface area (Å²) in [6.07, 6.45) is 1.48. The van der Waals surface area contributed by atoms with E-state index in [4.69, 9.17) is 0 Å². The maximum absolute atomic E-state index is 12.5. The Morgan fingerprint density at radius 2 is 1.80 bits per heavy atom. The number of sulfonamides is 1. The zero-order chi connectivity index (χ0) is 14.3. The fourth-order valence-electron chi connectivity index (χ4n) is 2.86. The van der Waals surface area contributed by atoms with Gasteiger partial charge in [0.15, 0.2) is 0 Å². The van der Waals surface area contributed by atoms with E-state index in [2.05, 4.69) is 27.1 Å². The number of benzene rings is 1. The van der Waals surface area contributed by atoms with Crippen molar-refractivity contribution in [3.05, 3.63) is 46.8 Å². The van der Waals surface area contributed by atoms with Crippen LogP contribution >= 0.6 is 0 Å². The number of nitrogens with zero attached hydrogens (tertiary/aromatic N) is 1. The highest BCUT2D eigenvalue weighted by Crippen LogP contribution is 2.24. The molecule has 1 aliphatic rings. The molecule has 3 rings (SSSR count). The quantitative estimate of drug-likeness (QED) is 0.899. The number of nitrogens with one attached hydrogen (secondary N) is 2. The fraction of sp³-hybridized carbons (Fsp3) is 0.357. The van der Waals surface area contributed by atoms with Crippen molar-refractivity contribution in [2.24, 2.45) is 0 Å². The van der Waals surface area contributed by atoms with Gasteiger partial charge in [-0.15, -0.1) is 0 Å². The van der Waals surface area contributed by atoms with Crippen LogP contribution in [0.15, 0.2) is 29.2 Å². The summed E-state index contributed by atoms with van der Waals surface area (Å²) in [5.41, 5.74) is 3.53. The highest BCUT2D eigenvalue weighted by Gasteiger charge is 2.29. The van der Waals surface area contributed by atoms with Crippen LogP contribution in [-0.2, 0) is 22.9 Å². The molecule has 0 fully saturated rings. The summed E-state index contributed by atoms with van der Waals surface area (Å²) in [7, 11) is -3.52. The van der Waals surface area contributed by atoms with Gasteiger partial charge in [0.25, 0.3) is 0 Å². The first kappa shape index (κ1) is 13.3. The summed E-state index contributed by atoms with van der Waals surface area (Å²) >= 11 is 0. The first-order valence-electron chi connectivity index (χ1n) is 6.58. The topological polar surface area (TPSA) is 74.8 Å². The van der Waals surface area contributed by atoms with Crippen LogP contribution in [0.2, 0.25) is 0 Å². The summed E-state index contributed by atoms with van der Waals surface area (Å²) in [5, 5.41) is 6.67. The highest BCUT2D eigenvalue weighted by atomic mass is 32.2. The molecule has 2 N–H and O–H groups in total. The van der Waals surface area contributed by atoms with Crippen molar-refractivity contribution in [2.75, 3.05) is 0 Å². The van der Waals surface area contributed by atoms with Crippen LogP contribution in [0.5, 0.6) is 0 Å². The maximum Gasteiger partial charge on any atom is 0.244 e. The Hall–Kier alpha value is -1.66. The second-order valence-corrected chi connectivity index (χ2v) is 6.91. The van der Waals surface area contributed by atoms with Gasteiger partial charge in [0.1, 0.15) is 4.90 Å². The predicted octanol–water partition coefficient (Wildman–Crippen LogP) is 1.47. The van der Waals surface area contributed by atoms with E-state index in [9.17, 15) is 8.42 Å². The van der Waals surface area contributed by atoms with Crippen molar-refractivity contribution in [3.8, 4) is 0 Å². The molecule has 0 saturated heterocycles. The van der Waals surface area contributed by atoms with E-state index < -0.39 is 10.0 Å². The zero-order valence-corrected chi connectivity index (χ0v) is 12.3. The number of hydrogen-bond acceptors (Lipinski definition) is 3. The molecule has 1 aromatic heterocycles. The smallest absolute Gasteiger partial charge is 0.244 e. The summed E-state index contributed by atoms with van der Waals surface area (Å²) in [5.74, 6) is 0. The lowest BCUT2D eigenvalue weighted by atomic mass is 10.1. The van der Waals surface area contributed by atoms with Crippen LogP contribution in [0.3, 0.4) is 0 Å². The van der Waals surface area contributed by atoms with Crippen LogP contribution in [0.1, 0.15) is 22.5 Å². The van der Waals surface area contributed by atoms with Gasteiger partial charge in [-0.1, -0.05) is 24.3 Å². The maximum atomic E-state index is 12.5. The van der Waals surface area contributed by atoms with Gasteiger partial charge < -0.3 is 0 Å². The molecule has 2 aromatic rings. The monoisotopic (exact) mass is 291 g/mol. The minimum atomic E-state index is -3.52. The Morgan fingerprint density at radius 3 is 2.30 bits per heavy atom. The van der Waals surface area contributed by atoms with Gasteiger partial charge in [-0.05, 0) is 37.8 Å². The number of hydrogen-bond donors (Lipinski definition) is 2. The first-order valence-corrected chi connectivity index (χ1v) is 8.06. The molecule has 0 saturated carbocycles. The normalized spacial score (nSPS) is 15.5. The molecule has 1 aromatic carbocycles. The largest absolute Gasteiger partial charge is 0.281 e. The zero-order valence-electron chi connectivity index (χ0n) is 11.5. The van der Waals surface area contributed by atoms with E-state index in [1.165, 1.54) is 11.1 Å². The van der Waals surface area contributed by atoms with Crippen LogP contribution in [-0.4, -0.2) is 24.7 Å². The highest BCUT2D eigenvalue weighted by molar-refractivity contribution is 7.89. The van der Waals surface area contributed by atoms with Crippen molar-refractivity contribution >= 4 is 10.0 Å². The van der Waals surface area contributed by atoms with Crippen LogP contribution in [0, 0.1) is 13.8 Å². The lowest BCUT2D eigenvalue weighted by Gasteiger charge is -2.12. The van der Waals surface area contributed by atoms with Gasteiger partial charge in [-0.2, -0.15) is 5.10 Å². The van der Waals surface area contributed by atoms with Crippen LogP contribution < -0.4 is 4.72 Å². The lowest BCUT2D eigenvalue weighted by Crippen LogP contribution is -2.35. The standard InChI is InChI=1S/C14H17N3O2S/c1-9-14(10(2)16-15-9)20(18,19)17-13-7-11-5-3-4-6-12(11)8-13/h3-6,13,17H,7-8H2,1-2H3,(H,15,16). The van der Waals surface area contributed by atoms with Crippen LogP contribution in [0.25, 0.3) is 0 Å². The lowest BCUT2D eigenvalue weighted by molar-refractivity contribution is 0.554. The van der Waals surface area contributed by atoms with Crippen molar-refractivity contribution < 1.29 is 8.42 Å². The van der Waals surface area contributed by atoms with Gasteiger partial charge in [-0.25, -0.2) is 13.1 Å². The third-order valence-electron chi connectivity index (χ3n) is 3.70. The van der Waals surface area contributed by atoms with E-state index in [-0.39, 0.29) is 10.9 Å². The van der Waals surface area contributed by atoms with Gasteiger partial charge >= 0.3 is 0 Å². The van der Waals surface area contributed by atoms with E-state index in [1.54, 1.807) is 13.8 Å². The van der Waals surface area contributed by atoms with Gasteiger partial charge in [-0.3, -0.25) is 5.10 Å². The molecule has 0 radical (unpaired) electrons. The van der Waals surface area contributed by atoms with Crippen molar-refractivity contribution in [3.63, 3.8) is 0 Å². The molecule has 1 heterocycles. The van der Waals surface area contributed by atoms with E-state index in [0.29, 0.717) is 11.4 Å². The van der Waals surface area contributed by atoms with Crippen molar-refractivity contribution in [1.29, 1.82) is 0 Å². The number of aromatic amines is 1. The van der Waals surface area contributed by atoms with Crippen molar-refractivity contribution in [1.82, 2.24) is 14.9 Å². The molecule has 0 spiro atoms. The Balaban J connectivity index is 1.83. The molecule has 106 valence electrons. The number of fused-ring (bicyclic) bond motifs is 1. The molecule has 5 nitrogen and oxygen atoms in total. The van der Waals surface area contributed by atoms with Gasteiger partial charge in [0, 0.05) is 6.04 Å². The molecule has 20 heavy (non-hydrogen) atoms. The fourth-order valence-corrected chi connectivity index (χ4v) is 4.46. The summed E-state index contributed by atoms with van der Waals surface area (Å²) in [6.45, 7) is 3.42. The van der Waals surface area contributed by atoms with Gasteiger partial charge in [0.05, 0.1) is 11.4 Å². The molecule has 0 unspecified atom stereocenters. The van der Waals surface area contributed by atoms with Crippen molar-refractivity contribution in [2.45, 2.75) is 37.6 Å². The van der Waals surface area contributed by atoms with E-state index in [0.717, 1.165) is 12.8 Å². The Kier molecular flexibility index (Phi) is 3.14. The third kappa shape index (κ3) is 2.25. The molecule has 0 amide bonds. The molecule has 6 heteroatoms. The molecule has 1 aliphatic carbocycles. The second kappa shape index (κ2) is 4.71. The Morgan fingerprint density at radius 1 is 1.20 bits per heavy atom. The number of aryl methyl sites for hydroxylation is 2. The minimum Gasteiger partial charge on any atom is -0.281 e. The number of rotatable bonds is 3. The Labute approximate surface area is 118 Å². The molecule has 0 atom stereocenters. The van der Waals surface area contributed by atoms with Gasteiger partial charge in [0.2, 0.25) is 10.0 Å². The van der Waals surface area contributed by atoms with Crippen LogP contribution in [0.4, 0.5) is 0 Å². The number of aromatic nitrogens is 2. The Bertz CT molecular complexity index is 705. The average molecular weight is 291 g/mol. The second-order valence-electron chi connectivity index (χ2n) is 5.26. The summed E-state index contributed by atoms with van der Waals surface area (Å²) in [6, 6.07) is 8.00. The predicted molar refractivity (Wildman–Crippen MR) is 76.0 cm³/mol. The molecule has 0 aliphatic heterocycles. The molecular weight excluding hydrogens is 274 g/mol. The first-order chi connectivity index (χ1) is 9.47. The number of H-pyrrole nitrogens is 1. The molecule has 0 bridgehead atoms. The van der Waals surface area contributed by atoms with E-state index in [1.807, 2.05) is 12.1 Å². The summed E-state index contributed by atoms with van der Waals surface area (Å²) < 4.78 is 27.7. The third-order valence-corrected chi connectivity index (χ3v) is 5.48.